The second-order valence-corrected chi connectivity index (χ2v) is 10.2. The van der Waals surface area contributed by atoms with Gasteiger partial charge in [-0.25, -0.2) is 4.68 Å². The number of nitrogens with one attached hydrogen (secondary N) is 1. The van der Waals surface area contributed by atoms with Crippen LogP contribution in [-0.2, 0) is 22.7 Å². The number of fused-ring (bicyclic) bond motifs is 2. The van der Waals surface area contributed by atoms with Crippen molar-refractivity contribution in [2.75, 3.05) is 12.1 Å². The fraction of sp³-hybridized carbons (Fsp3) is 0.290. The fourth-order valence-electron chi connectivity index (χ4n) is 5.47. The molecule has 204 valence electrons. The van der Waals surface area contributed by atoms with E-state index in [0.29, 0.717) is 30.2 Å². The normalized spacial score (nSPS) is 16.6. The first-order chi connectivity index (χ1) is 19.6. The molecular formula is C31H31N5O4. The van der Waals surface area contributed by atoms with Crippen molar-refractivity contribution in [3.63, 3.8) is 0 Å². The SMILES string of the molecule is Cc1ccccc1CN(C(=O)Cn1nnc2ccccc21)[C@@H](C(=O)Nc1ccc2c(c1)OCO2)[C@H]1CC=CCC1. The van der Waals surface area contributed by atoms with E-state index in [-0.39, 0.29) is 31.1 Å². The molecule has 1 aliphatic carbocycles. The molecule has 9 heteroatoms. The quantitative estimate of drug-likeness (QED) is 0.322. The average Bonchev–Trinajstić information content (AvgIpc) is 3.61. The van der Waals surface area contributed by atoms with Gasteiger partial charge in [0.2, 0.25) is 18.6 Å². The fourth-order valence-corrected chi connectivity index (χ4v) is 5.47. The van der Waals surface area contributed by atoms with Gasteiger partial charge in [0.15, 0.2) is 11.5 Å². The van der Waals surface area contributed by atoms with E-state index in [4.69, 9.17) is 9.47 Å². The summed E-state index contributed by atoms with van der Waals surface area (Å²) >= 11 is 0. The first-order valence-corrected chi connectivity index (χ1v) is 13.5. The van der Waals surface area contributed by atoms with Gasteiger partial charge in [-0.05, 0) is 67.5 Å². The van der Waals surface area contributed by atoms with Crippen LogP contribution in [0.4, 0.5) is 5.69 Å². The van der Waals surface area contributed by atoms with E-state index in [1.54, 1.807) is 27.8 Å². The van der Waals surface area contributed by atoms with Crippen molar-refractivity contribution in [3.8, 4) is 11.5 Å². The van der Waals surface area contributed by atoms with Gasteiger partial charge in [0.1, 0.15) is 18.1 Å². The number of nitrogens with zero attached hydrogens (tertiary/aromatic N) is 4. The number of para-hydroxylation sites is 1. The molecule has 1 aliphatic heterocycles. The summed E-state index contributed by atoms with van der Waals surface area (Å²) < 4.78 is 12.5. The minimum atomic E-state index is -0.697. The van der Waals surface area contributed by atoms with E-state index in [1.165, 1.54) is 0 Å². The monoisotopic (exact) mass is 537 g/mol. The Morgan fingerprint density at radius 1 is 1.05 bits per heavy atom. The molecule has 0 saturated carbocycles. The average molecular weight is 538 g/mol. The van der Waals surface area contributed by atoms with Crippen LogP contribution in [-0.4, -0.2) is 44.5 Å². The Bertz CT molecular complexity index is 1580. The lowest BCUT2D eigenvalue weighted by Crippen LogP contribution is -2.52. The molecule has 0 fully saturated rings. The molecule has 2 atom stereocenters. The number of hydrogen-bond donors (Lipinski definition) is 1. The van der Waals surface area contributed by atoms with Gasteiger partial charge in [-0.1, -0.05) is 53.8 Å². The minimum absolute atomic E-state index is 0.0250. The van der Waals surface area contributed by atoms with Crippen molar-refractivity contribution < 1.29 is 19.1 Å². The highest BCUT2D eigenvalue weighted by atomic mass is 16.7. The number of carbonyl (C=O) groups excluding carboxylic acids is 2. The third kappa shape index (κ3) is 5.27. The Morgan fingerprint density at radius 2 is 1.88 bits per heavy atom. The number of carbonyl (C=O) groups is 2. The van der Waals surface area contributed by atoms with Gasteiger partial charge in [0.05, 0.1) is 5.52 Å². The summed E-state index contributed by atoms with van der Waals surface area (Å²) in [5, 5.41) is 11.5. The standard InChI is InChI=1S/C31H31N5O4/c1-21-9-5-6-12-23(21)18-35(29(37)19-36-26-14-8-7-13-25(26)33-34-36)30(22-10-3-2-4-11-22)31(38)32-24-15-16-27-28(17-24)40-20-39-27/h2-3,5-9,12-17,22,30H,4,10-11,18-20H2,1H3,(H,32,38)/t22-,30+/m0/s1. The summed E-state index contributed by atoms with van der Waals surface area (Å²) in [6.45, 7) is 2.45. The maximum Gasteiger partial charge on any atom is 0.247 e. The van der Waals surface area contributed by atoms with Crippen LogP contribution in [0.1, 0.15) is 30.4 Å². The largest absolute Gasteiger partial charge is 0.454 e. The molecule has 0 saturated heterocycles. The molecule has 6 rings (SSSR count). The zero-order valence-corrected chi connectivity index (χ0v) is 22.3. The number of anilines is 1. The second kappa shape index (κ2) is 11.2. The van der Waals surface area contributed by atoms with Crippen molar-refractivity contribution in [1.29, 1.82) is 0 Å². The van der Waals surface area contributed by atoms with Crippen molar-refractivity contribution in [2.24, 2.45) is 5.92 Å². The molecule has 4 aromatic rings. The number of aryl methyl sites for hydroxylation is 1. The minimum Gasteiger partial charge on any atom is -0.454 e. The maximum absolute atomic E-state index is 14.2. The maximum atomic E-state index is 14.2. The number of benzene rings is 3. The number of hydrogen-bond acceptors (Lipinski definition) is 6. The third-order valence-electron chi connectivity index (χ3n) is 7.63. The Balaban J connectivity index is 1.35. The van der Waals surface area contributed by atoms with Gasteiger partial charge in [0.25, 0.3) is 0 Å². The van der Waals surface area contributed by atoms with Gasteiger partial charge in [-0.2, -0.15) is 0 Å². The number of ether oxygens (including phenoxy) is 2. The van der Waals surface area contributed by atoms with Crippen LogP contribution in [0.15, 0.2) is 78.9 Å². The van der Waals surface area contributed by atoms with E-state index < -0.39 is 6.04 Å². The van der Waals surface area contributed by atoms with E-state index in [0.717, 1.165) is 35.0 Å². The predicted octanol–water partition coefficient (Wildman–Crippen LogP) is 4.86. The first-order valence-electron chi connectivity index (χ1n) is 13.5. The first kappa shape index (κ1) is 25.6. The number of aromatic nitrogens is 3. The van der Waals surface area contributed by atoms with Crippen LogP contribution in [0.2, 0.25) is 0 Å². The molecule has 1 aromatic heterocycles. The van der Waals surface area contributed by atoms with Crippen molar-refractivity contribution >= 4 is 28.5 Å². The van der Waals surface area contributed by atoms with Gasteiger partial charge < -0.3 is 19.7 Å². The zero-order chi connectivity index (χ0) is 27.5. The molecule has 0 spiro atoms. The lowest BCUT2D eigenvalue weighted by Gasteiger charge is -2.37. The smallest absolute Gasteiger partial charge is 0.247 e. The van der Waals surface area contributed by atoms with Gasteiger partial charge >= 0.3 is 0 Å². The molecule has 2 amide bonds. The summed E-state index contributed by atoms with van der Waals surface area (Å²) in [5.41, 5.74) is 4.14. The van der Waals surface area contributed by atoms with Gasteiger partial charge in [-0.3, -0.25) is 9.59 Å². The topological polar surface area (TPSA) is 98.6 Å². The number of allylic oxidation sites excluding steroid dienone is 2. The predicted molar refractivity (Wildman–Crippen MR) is 151 cm³/mol. The molecule has 2 aliphatic rings. The van der Waals surface area contributed by atoms with Crippen molar-refractivity contribution in [2.45, 2.75) is 45.3 Å². The summed E-state index contributed by atoms with van der Waals surface area (Å²) in [6.07, 6.45) is 6.62. The molecular weight excluding hydrogens is 506 g/mol. The molecule has 40 heavy (non-hydrogen) atoms. The molecule has 0 unspecified atom stereocenters. The highest BCUT2D eigenvalue weighted by Gasteiger charge is 2.37. The molecule has 0 bridgehead atoms. The van der Waals surface area contributed by atoms with Crippen molar-refractivity contribution in [3.05, 3.63) is 90.0 Å². The number of rotatable bonds is 8. The van der Waals surface area contributed by atoms with E-state index >= 15 is 0 Å². The highest BCUT2D eigenvalue weighted by molar-refractivity contribution is 5.98. The van der Waals surface area contributed by atoms with E-state index in [2.05, 4.69) is 27.8 Å². The van der Waals surface area contributed by atoms with Crippen LogP contribution in [0, 0.1) is 12.8 Å². The van der Waals surface area contributed by atoms with Gasteiger partial charge in [-0.15, -0.1) is 5.10 Å². The summed E-state index contributed by atoms with van der Waals surface area (Å²) in [7, 11) is 0. The van der Waals surface area contributed by atoms with Crippen LogP contribution in [0.3, 0.4) is 0 Å². The Morgan fingerprint density at radius 3 is 2.73 bits per heavy atom. The Labute approximate surface area is 232 Å². The summed E-state index contributed by atoms with van der Waals surface area (Å²) in [6, 6.07) is 20.1. The summed E-state index contributed by atoms with van der Waals surface area (Å²) in [5.74, 6) is 0.757. The van der Waals surface area contributed by atoms with E-state index in [9.17, 15) is 9.59 Å². The summed E-state index contributed by atoms with van der Waals surface area (Å²) in [4.78, 5) is 30.0. The molecule has 2 heterocycles. The van der Waals surface area contributed by atoms with E-state index in [1.807, 2.05) is 55.5 Å². The molecule has 9 nitrogen and oxygen atoms in total. The van der Waals surface area contributed by atoms with Crippen LogP contribution in [0.25, 0.3) is 11.0 Å². The Hall–Kier alpha value is -4.66. The lowest BCUT2D eigenvalue weighted by molar-refractivity contribution is -0.142. The molecule has 1 N–H and O–H groups in total. The van der Waals surface area contributed by atoms with Crippen LogP contribution < -0.4 is 14.8 Å². The second-order valence-electron chi connectivity index (χ2n) is 10.2. The van der Waals surface area contributed by atoms with Crippen LogP contribution in [0.5, 0.6) is 11.5 Å². The highest BCUT2D eigenvalue weighted by Crippen LogP contribution is 2.35. The number of amides is 2. The molecule has 3 aromatic carbocycles. The van der Waals surface area contributed by atoms with Crippen LogP contribution >= 0.6 is 0 Å². The molecule has 0 radical (unpaired) electrons. The Kier molecular flexibility index (Phi) is 7.18. The van der Waals surface area contributed by atoms with Gasteiger partial charge in [0, 0.05) is 18.3 Å². The van der Waals surface area contributed by atoms with Crippen molar-refractivity contribution in [1.82, 2.24) is 19.9 Å². The third-order valence-corrected chi connectivity index (χ3v) is 7.63. The lowest BCUT2D eigenvalue weighted by atomic mass is 9.85. The zero-order valence-electron chi connectivity index (χ0n) is 22.3.